The van der Waals surface area contributed by atoms with Crippen molar-refractivity contribution in [1.29, 1.82) is 5.26 Å². The van der Waals surface area contributed by atoms with Crippen LogP contribution in [0.4, 0.5) is 13.6 Å². The second-order valence-electron chi connectivity index (χ2n) is 10.7. The predicted octanol–water partition coefficient (Wildman–Crippen LogP) is 5.07. The third-order valence-electron chi connectivity index (χ3n) is 6.81. The lowest BCUT2D eigenvalue weighted by atomic mass is 9.87. The molecule has 5 rings (SSSR count). The largest absolute Gasteiger partial charge is 0.453 e. The minimum absolute atomic E-state index is 0.167. The maximum Gasteiger partial charge on any atom is 0.410 e. The number of carbonyl (C=O) groups excluding carboxylic acids is 1. The number of ether oxygens (including phenoxy) is 3. The number of benzene rings is 2. The van der Waals surface area contributed by atoms with E-state index < -0.39 is 75.7 Å². The van der Waals surface area contributed by atoms with Gasteiger partial charge >= 0.3 is 6.09 Å². The molecule has 1 atom stereocenters. The Morgan fingerprint density at radius 3 is 2.67 bits per heavy atom. The molecular weight excluding hydrogens is 510 g/mol. The lowest BCUT2D eigenvalue weighted by Crippen LogP contribution is -2.48. The molecule has 0 aliphatic carbocycles. The van der Waals surface area contributed by atoms with Crippen molar-refractivity contribution in [2.75, 3.05) is 19.7 Å². The summed E-state index contributed by atoms with van der Waals surface area (Å²) in [6.07, 6.45) is 2.33. The van der Waals surface area contributed by atoms with Crippen LogP contribution in [-0.2, 0) is 9.47 Å². The molecule has 1 amide bonds. The first-order valence-corrected chi connectivity index (χ1v) is 12.4. The summed E-state index contributed by atoms with van der Waals surface area (Å²) in [5.74, 6) is -3.73. The molecule has 204 valence electrons. The van der Waals surface area contributed by atoms with Crippen LogP contribution in [0.2, 0.25) is 0 Å². The molecule has 1 spiro atoms. The van der Waals surface area contributed by atoms with E-state index >= 15 is 0 Å². The highest BCUT2D eigenvalue weighted by molar-refractivity contribution is 5.79. The van der Waals surface area contributed by atoms with E-state index in [2.05, 4.69) is 4.98 Å². The van der Waals surface area contributed by atoms with E-state index in [1.807, 2.05) is 0 Å². The summed E-state index contributed by atoms with van der Waals surface area (Å²) in [5, 5.41) is 8.95. The van der Waals surface area contributed by atoms with Gasteiger partial charge in [-0.05, 0) is 70.3 Å². The molecule has 2 aromatic carbocycles. The van der Waals surface area contributed by atoms with Crippen LogP contribution < -0.4 is 10.3 Å². The van der Waals surface area contributed by atoms with Crippen molar-refractivity contribution >= 4 is 17.0 Å². The van der Waals surface area contributed by atoms with Crippen LogP contribution in [0.1, 0.15) is 55.8 Å². The minimum Gasteiger partial charge on any atom is -0.453 e. The molecule has 2 aliphatic rings. The minimum atomic E-state index is -1.12. The number of halogens is 2. The van der Waals surface area contributed by atoms with Gasteiger partial charge in [0, 0.05) is 13.1 Å². The van der Waals surface area contributed by atoms with Crippen molar-refractivity contribution in [3.8, 4) is 17.6 Å². The Balaban J connectivity index is 1.45. The fraction of sp³-hybridized carbons (Fsp3) is 0.429. The van der Waals surface area contributed by atoms with E-state index in [1.165, 1.54) is 17.0 Å². The SMILES string of the molecule is [2H]c1c(Oc2c(F)ccc(F)c2C#N)c([2H])c2c(=O)n([C@H]3COC4(CCN(C(=O)OC(C)(C)C)CC4)C3)cnc2c1[2H]. The van der Waals surface area contributed by atoms with Gasteiger partial charge in [0.1, 0.15) is 28.8 Å². The van der Waals surface area contributed by atoms with Gasteiger partial charge in [0.05, 0.1) is 39.6 Å². The molecule has 39 heavy (non-hydrogen) atoms. The summed E-state index contributed by atoms with van der Waals surface area (Å²) < 4.78 is 72.2. The molecule has 3 heterocycles. The fourth-order valence-electron chi connectivity index (χ4n) is 4.86. The molecule has 0 unspecified atom stereocenters. The van der Waals surface area contributed by atoms with E-state index in [0.29, 0.717) is 32.4 Å². The summed E-state index contributed by atoms with van der Waals surface area (Å²) in [4.78, 5) is 32.0. The summed E-state index contributed by atoms with van der Waals surface area (Å²) in [5.41, 5.74) is -2.89. The number of rotatable bonds is 3. The Morgan fingerprint density at radius 2 is 1.97 bits per heavy atom. The summed E-state index contributed by atoms with van der Waals surface area (Å²) in [7, 11) is 0. The predicted molar refractivity (Wildman–Crippen MR) is 137 cm³/mol. The first kappa shape index (κ1) is 22.9. The van der Waals surface area contributed by atoms with Crippen LogP contribution in [-0.4, -0.2) is 51.4 Å². The Labute approximate surface area is 227 Å². The van der Waals surface area contributed by atoms with Crippen LogP contribution in [0.15, 0.2) is 41.4 Å². The maximum absolute atomic E-state index is 14.5. The van der Waals surface area contributed by atoms with Crippen LogP contribution in [0.5, 0.6) is 11.5 Å². The van der Waals surface area contributed by atoms with Crippen LogP contribution >= 0.6 is 0 Å². The summed E-state index contributed by atoms with van der Waals surface area (Å²) in [6.45, 7) is 6.39. The Morgan fingerprint density at radius 1 is 1.26 bits per heavy atom. The van der Waals surface area contributed by atoms with Gasteiger partial charge in [0.2, 0.25) is 0 Å². The number of amides is 1. The Kier molecular flexibility index (Phi) is 5.83. The van der Waals surface area contributed by atoms with Crippen LogP contribution in [0, 0.1) is 23.0 Å². The number of nitriles is 1. The molecule has 11 heteroatoms. The lowest BCUT2D eigenvalue weighted by molar-refractivity contribution is -0.0486. The van der Waals surface area contributed by atoms with Gasteiger partial charge in [-0.15, -0.1) is 0 Å². The van der Waals surface area contributed by atoms with Gasteiger partial charge in [0.25, 0.3) is 5.56 Å². The number of hydrogen-bond acceptors (Lipinski definition) is 7. The van der Waals surface area contributed by atoms with Crippen molar-refractivity contribution in [1.82, 2.24) is 14.5 Å². The van der Waals surface area contributed by atoms with Crippen molar-refractivity contribution in [2.45, 2.75) is 57.3 Å². The topological polar surface area (TPSA) is 107 Å². The first-order chi connectivity index (χ1) is 19.7. The number of fused-ring (bicyclic) bond motifs is 1. The monoisotopic (exact) mass is 541 g/mol. The van der Waals surface area contributed by atoms with Crippen molar-refractivity contribution in [3.63, 3.8) is 0 Å². The second kappa shape index (κ2) is 9.93. The van der Waals surface area contributed by atoms with Gasteiger partial charge in [0.15, 0.2) is 11.6 Å². The van der Waals surface area contributed by atoms with E-state index in [4.69, 9.17) is 18.3 Å². The zero-order valence-electron chi connectivity index (χ0n) is 24.6. The van der Waals surface area contributed by atoms with Gasteiger partial charge in [-0.25, -0.2) is 18.6 Å². The van der Waals surface area contributed by atoms with E-state index in [1.54, 1.807) is 25.7 Å². The zero-order chi connectivity index (χ0) is 30.6. The third kappa shape index (κ3) is 5.29. The molecule has 3 aromatic rings. The van der Waals surface area contributed by atoms with Gasteiger partial charge in [-0.1, -0.05) is 0 Å². The molecule has 2 fully saturated rings. The molecule has 0 bridgehead atoms. The standard InChI is InChI=1S/C28H28F2N4O5/c1-27(2,3)39-26(36)33-10-8-28(9-11-33)13-17(15-37-28)34-16-32-23-7-4-18(12-19(23)25(34)35)38-24-20(14-31)21(29)5-6-22(24)30/h4-7,12,16-17H,8-11,13,15H2,1-3H3/t17-/m1/s1/i4D,7D,12D. The normalized spacial score (nSPS) is 19.8. The quantitative estimate of drug-likeness (QED) is 0.456. The van der Waals surface area contributed by atoms with Crippen molar-refractivity contribution in [2.24, 2.45) is 0 Å². The summed E-state index contributed by atoms with van der Waals surface area (Å²) in [6, 6.07) is 0.606. The molecule has 0 radical (unpaired) electrons. The number of aromatic nitrogens is 2. The third-order valence-corrected chi connectivity index (χ3v) is 6.81. The maximum atomic E-state index is 14.5. The molecule has 9 nitrogen and oxygen atoms in total. The number of nitrogens with zero attached hydrogens (tertiary/aromatic N) is 4. The smallest absolute Gasteiger partial charge is 0.410 e. The highest BCUT2D eigenvalue weighted by Gasteiger charge is 2.44. The van der Waals surface area contributed by atoms with Crippen molar-refractivity contribution in [3.05, 3.63) is 64.1 Å². The molecule has 0 N–H and O–H groups in total. The number of piperidine rings is 1. The zero-order valence-corrected chi connectivity index (χ0v) is 21.6. The Bertz CT molecular complexity index is 1690. The van der Waals surface area contributed by atoms with Gasteiger partial charge < -0.3 is 19.1 Å². The number of likely N-dealkylation sites (tertiary alicyclic amines) is 1. The Hall–Kier alpha value is -4.04. The van der Waals surface area contributed by atoms with Crippen LogP contribution in [0.3, 0.4) is 0 Å². The molecular formula is C28H28F2N4O5. The molecule has 1 aromatic heterocycles. The second-order valence-corrected chi connectivity index (χ2v) is 10.7. The van der Waals surface area contributed by atoms with Crippen molar-refractivity contribution < 1.29 is 31.9 Å². The van der Waals surface area contributed by atoms with Gasteiger partial charge in [-0.3, -0.25) is 9.36 Å². The molecule has 2 saturated heterocycles. The molecule has 0 saturated carbocycles. The van der Waals surface area contributed by atoms with E-state index in [0.717, 1.165) is 12.1 Å². The van der Waals surface area contributed by atoms with Crippen LogP contribution in [0.25, 0.3) is 10.9 Å². The highest BCUT2D eigenvalue weighted by Crippen LogP contribution is 2.40. The first-order valence-electron chi connectivity index (χ1n) is 13.9. The number of carbonyl (C=O) groups is 1. The van der Waals surface area contributed by atoms with E-state index in [9.17, 15) is 23.6 Å². The average molecular weight is 542 g/mol. The highest BCUT2D eigenvalue weighted by atomic mass is 19.1. The molecule has 2 aliphatic heterocycles. The average Bonchev–Trinajstić information content (AvgIpc) is 3.33. The summed E-state index contributed by atoms with van der Waals surface area (Å²) >= 11 is 0. The number of hydrogen-bond donors (Lipinski definition) is 0. The van der Waals surface area contributed by atoms with E-state index in [-0.39, 0.29) is 17.5 Å². The lowest BCUT2D eigenvalue weighted by Gasteiger charge is -2.39. The van der Waals surface area contributed by atoms with Gasteiger partial charge in [-0.2, -0.15) is 5.26 Å². The fourth-order valence-corrected chi connectivity index (χ4v) is 4.86.